The number of nitrogens with zero attached hydrogens (tertiary/aromatic N) is 1. The summed E-state index contributed by atoms with van der Waals surface area (Å²) in [6.45, 7) is 3.72. The molecule has 5 nitrogen and oxygen atoms in total. The smallest absolute Gasteiger partial charge is 0.254 e. The maximum Gasteiger partial charge on any atom is 0.254 e. The van der Waals surface area contributed by atoms with Crippen LogP contribution in [0, 0.1) is 0 Å². The predicted octanol–water partition coefficient (Wildman–Crippen LogP) is 4.49. The van der Waals surface area contributed by atoms with Gasteiger partial charge in [0.1, 0.15) is 5.75 Å². The minimum atomic E-state index is -0.393. The normalized spacial score (nSPS) is 10.5. The minimum absolute atomic E-state index is 0.0551. The SMILES string of the molecule is CC(C)Oc1ccc(C(=O)N(C)CC(=O)Nc2c(Cl)cccc2Cl)cc1. The quantitative estimate of drug-likeness (QED) is 0.784. The van der Waals surface area contributed by atoms with Crippen LogP contribution in [0.5, 0.6) is 5.75 Å². The van der Waals surface area contributed by atoms with Gasteiger partial charge >= 0.3 is 0 Å². The van der Waals surface area contributed by atoms with Crippen molar-refractivity contribution in [2.75, 3.05) is 18.9 Å². The van der Waals surface area contributed by atoms with Gasteiger partial charge in [0, 0.05) is 12.6 Å². The summed E-state index contributed by atoms with van der Waals surface area (Å²) < 4.78 is 5.55. The van der Waals surface area contributed by atoms with E-state index in [0.717, 1.165) is 0 Å². The second kappa shape index (κ2) is 8.92. The van der Waals surface area contributed by atoms with Crippen molar-refractivity contribution in [3.8, 4) is 5.75 Å². The van der Waals surface area contributed by atoms with Crippen LogP contribution in [0.1, 0.15) is 24.2 Å². The number of benzene rings is 2. The van der Waals surface area contributed by atoms with E-state index in [1.165, 1.54) is 4.90 Å². The van der Waals surface area contributed by atoms with E-state index in [4.69, 9.17) is 27.9 Å². The summed E-state index contributed by atoms with van der Waals surface area (Å²) in [5.41, 5.74) is 0.795. The predicted molar refractivity (Wildman–Crippen MR) is 104 cm³/mol. The van der Waals surface area contributed by atoms with E-state index in [-0.39, 0.29) is 18.6 Å². The Balaban J connectivity index is 1.99. The van der Waals surface area contributed by atoms with Gasteiger partial charge in [-0.1, -0.05) is 29.3 Å². The van der Waals surface area contributed by atoms with E-state index in [2.05, 4.69) is 5.32 Å². The lowest BCUT2D eigenvalue weighted by atomic mass is 10.2. The van der Waals surface area contributed by atoms with E-state index in [0.29, 0.717) is 27.0 Å². The highest BCUT2D eigenvalue weighted by atomic mass is 35.5. The second-order valence-electron chi connectivity index (χ2n) is 6.00. The van der Waals surface area contributed by atoms with Gasteiger partial charge < -0.3 is 15.0 Å². The first-order valence-corrected chi connectivity index (χ1v) is 8.79. The molecule has 2 aromatic carbocycles. The fraction of sp³-hybridized carbons (Fsp3) is 0.263. The molecule has 0 saturated carbocycles. The molecule has 0 aromatic heterocycles. The van der Waals surface area contributed by atoms with Gasteiger partial charge in [0.25, 0.3) is 5.91 Å². The third kappa shape index (κ3) is 5.38. The van der Waals surface area contributed by atoms with E-state index >= 15 is 0 Å². The lowest BCUT2D eigenvalue weighted by Gasteiger charge is -2.18. The van der Waals surface area contributed by atoms with E-state index < -0.39 is 5.91 Å². The number of rotatable bonds is 6. The van der Waals surface area contributed by atoms with Gasteiger partial charge in [-0.3, -0.25) is 9.59 Å². The lowest BCUT2D eigenvalue weighted by molar-refractivity contribution is -0.116. The first kappa shape index (κ1) is 20.1. The van der Waals surface area contributed by atoms with Crippen LogP contribution in [0.4, 0.5) is 5.69 Å². The molecule has 2 amide bonds. The Kier molecular flexibility index (Phi) is 6.89. The molecule has 0 aliphatic rings. The molecule has 0 atom stereocenters. The zero-order valence-corrected chi connectivity index (χ0v) is 16.3. The number of para-hydroxylation sites is 1. The molecule has 0 aliphatic carbocycles. The highest BCUT2D eigenvalue weighted by molar-refractivity contribution is 6.39. The van der Waals surface area contributed by atoms with Crippen LogP contribution in [0.25, 0.3) is 0 Å². The number of halogens is 2. The lowest BCUT2D eigenvalue weighted by Crippen LogP contribution is -2.35. The Morgan fingerprint density at radius 3 is 2.19 bits per heavy atom. The molecule has 0 radical (unpaired) electrons. The molecule has 0 spiro atoms. The van der Waals surface area contributed by atoms with Gasteiger partial charge in [-0.05, 0) is 50.2 Å². The fourth-order valence-corrected chi connectivity index (χ4v) is 2.74. The number of amides is 2. The van der Waals surface area contributed by atoms with Crippen molar-refractivity contribution in [1.82, 2.24) is 4.90 Å². The summed E-state index contributed by atoms with van der Waals surface area (Å²) in [7, 11) is 1.55. The first-order valence-electron chi connectivity index (χ1n) is 8.04. The average molecular weight is 395 g/mol. The monoisotopic (exact) mass is 394 g/mol. The van der Waals surface area contributed by atoms with Gasteiger partial charge in [-0.2, -0.15) is 0 Å². The van der Waals surface area contributed by atoms with Crippen molar-refractivity contribution in [2.24, 2.45) is 0 Å². The molecule has 0 heterocycles. The number of nitrogens with one attached hydrogen (secondary N) is 1. The number of anilines is 1. The van der Waals surface area contributed by atoms with E-state index in [9.17, 15) is 9.59 Å². The van der Waals surface area contributed by atoms with Gasteiger partial charge in [-0.15, -0.1) is 0 Å². The van der Waals surface area contributed by atoms with Crippen LogP contribution in [0.3, 0.4) is 0 Å². The standard InChI is InChI=1S/C19H20Cl2N2O3/c1-12(2)26-14-9-7-13(8-10-14)19(25)23(3)11-17(24)22-18-15(20)5-4-6-16(18)21/h4-10,12H,11H2,1-3H3,(H,22,24). The highest BCUT2D eigenvalue weighted by Crippen LogP contribution is 2.29. The maximum absolute atomic E-state index is 12.5. The van der Waals surface area contributed by atoms with Gasteiger partial charge in [0.05, 0.1) is 28.4 Å². The fourth-order valence-electron chi connectivity index (χ4n) is 2.25. The largest absolute Gasteiger partial charge is 0.491 e. The van der Waals surface area contributed by atoms with E-state index in [1.807, 2.05) is 13.8 Å². The highest BCUT2D eigenvalue weighted by Gasteiger charge is 2.17. The number of hydrogen-bond donors (Lipinski definition) is 1. The van der Waals surface area contributed by atoms with Crippen LogP contribution in [0.2, 0.25) is 10.0 Å². The Labute approximate surface area is 162 Å². The van der Waals surface area contributed by atoms with Crippen molar-refractivity contribution in [3.63, 3.8) is 0 Å². The van der Waals surface area contributed by atoms with Gasteiger partial charge in [-0.25, -0.2) is 0 Å². The molecule has 138 valence electrons. The molecule has 0 saturated heterocycles. The average Bonchev–Trinajstić information content (AvgIpc) is 2.58. The third-order valence-corrected chi connectivity index (χ3v) is 4.06. The number of carbonyl (C=O) groups is 2. The Morgan fingerprint density at radius 1 is 1.08 bits per heavy atom. The molecule has 0 fully saturated rings. The molecule has 0 bridgehead atoms. The summed E-state index contributed by atoms with van der Waals surface area (Å²) in [5.74, 6) is 0.0161. The number of hydrogen-bond acceptors (Lipinski definition) is 3. The van der Waals surface area contributed by atoms with Gasteiger partial charge in [0.2, 0.25) is 5.91 Å². The van der Waals surface area contributed by atoms with Crippen molar-refractivity contribution in [2.45, 2.75) is 20.0 Å². The Bertz CT molecular complexity index is 772. The molecule has 2 aromatic rings. The molecule has 1 N–H and O–H groups in total. The zero-order chi connectivity index (χ0) is 19.3. The molecule has 0 aliphatic heterocycles. The third-order valence-electron chi connectivity index (χ3n) is 3.43. The number of likely N-dealkylation sites (N-methyl/N-ethyl adjacent to an activating group) is 1. The zero-order valence-electron chi connectivity index (χ0n) is 14.8. The molecular weight excluding hydrogens is 375 g/mol. The summed E-state index contributed by atoms with van der Waals surface area (Å²) >= 11 is 12.1. The topological polar surface area (TPSA) is 58.6 Å². The van der Waals surface area contributed by atoms with Crippen molar-refractivity contribution >= 4 is 40.7 Å². The molecule has 0 unspecified atom stereocenters. The molecule has 26 heavy (non-hydrogen) atoms. The molecule has 2 rings (SSSR count). The maximum atomic E-state index is 12.5. The first-order chi connectivity index (χ1) is 12.3. The Hall–Kier alpha value is -2.24. The van der Waals surface area contributed by atoms with Crippen LogP contribution >= 0.6 is 23.2 Å². The molecular formula is C19H20Cl2N2O3. The summed E-state index contributed by atoms with van der Waals surface area (Å²) in [4.78, 5) is 26.0. The van der Waals surface area contributed by atoms with Gasteiger partial charge in [0.15, 0.2) is 0 Å². The van der Waals surface area contributed by atoms with Crippen LogP contribution in [-0.4, -0.2) is 36.4 Å². The summed E-state index contributed by atoms with van der Waals surface area (Å²) in [5, 5.41) is 3.30. The van der Waals surface area contributed by atoms with Crippen LogP contribution in [-0.2, 0) is 4.79 Å². The molecule has 7 heteroatoms. The second-order valence-corrected chi connectivity index (χ2v) is 6.81. The van der Waals surface area contributed by atoms with Crippen molar-refractivity contribution in [3.05, 3.63) is 58.1 Å². The minimum Gasteiger partial charge on any atom is -0.491 e. The van der Waals surface area contributed by atoms with Crippen LogP contribution in [0.15, 0.2) is 42.5 Å². The van der Waals surface area contributed by atoms with Crippen LogP contribution < -0.4 is 10.1 Å². The van der Waals surface area contributed by atoms with E-state index in [1.54, 1.807) is 49.5 Å². The number of carbonyl (C=O) groups excluding carboxylic acids is 2. The Morgan fingerprint density at radius 2 is 1.65 bits per heavy atom. The summed E-state index contributed by atoms with van der Waals surface area (Å²) in [6.07, 6.45) is 0.0551. The summed E-state index contributed by atoms with van der Waals surface area (Å²) in [6, 6.07) is 11.7. The number of ether oxygens (including phenoxy) is 1. The van der Waals surface area contributed by atoms with Crippen molar-refractivity contribution in [1.29, 1.82) is 0 Å². The van der Waals surface area contributed by atoms with Crippen molar-refractivity contribution < 1.29 is 14.3 Å².